The van der Waals surface area contributed by atoms with Crippen molar-refractivity contribution in [3.8, 4) is 11.5 Å². The van der Waals surface area contributed by atoms with E-state index in [-0.39, 0.29) is 12.5 Å². The Morgan fingerprint density at radius 3 is 2.09 bits per heavy atom. The smallest absolute Gasteiger partial charge is 0.338 e. The maximum absolute atomic E-state index is 11.8. The van der Waals surface area contributed by atoms with Gasteiger partial charge in [-0.1, -0.05) is 18.2 Å². The number of esters is 1. The van der Waals surface area contributed by atoms with Crippen molar-refractivity contribution in [2.24, 2.45) is 0 Å². The molecule has 0 aromatic heterocycles. The molecule has 2 aromatic carbocycles. The Bertz CT molecular complexity index is 635. The first kappa shape index (κ1) is 15.6. The maximum Gasteiger partial charge on any atom is 0.338 e. The SMILES string of the molecule is CN(C)C(=O)COC(=O)c1ccc(Oc2ccccc2)cc1. The molecular formula is C17H17NO4. The number of para-hydroxylation sites is 1. The fourth-order valence-electron chi connectivity index (χ4n) is 1.62. The normalized spacial score (nSPS) is 9.91. The molecule has 0 atom stereocenters. The van der Waals surface area contributed by atoms with Gasteiger partial charge in [-0.05, 0) is 36.4 Å². The number of hydrogen-bond donors (Lipinski definition) is 0. The van der Waals surface area contributed by atoms with Gasteiger partial charge in [-0.2, -0.15) is 0 Å². The lowest BCUT2D eigenvalue weighted by atomic mass is 10.2. The first-order valence-electron chi connectivity index (χ1n) is 6.76. The van der Waals surface area contributed by atoms with Gasteiger partial charge in [0.15, 0.2) is 6.61 Å². The van der Waals surface area contributed by atoms with E-state index in [1.807, 2.05) is 30.3 Å². The van der Waals surface area contributed by atoms with E-state index in [1.54, 1.807) is 38.4 Å². The fraction of sp³-hybridized carbons (Fsp3) is 0.176. The number of nitrogens with zero attached hydrogens (tertiary/aromatic N) is 1. The van der Waals surface area contributed by atoms with Gasteiger partial charge in [0.05, 0.1) is 5.56 Å². The van der Waals surface area contributed by atoms with Crippen molar-refractivity contribution in [1.82, 2.24) is 4.90 Å². The van der Waals surface area contributed by atoms with Gasteiger partial charge in [0.1, 0.15) is 11.5 Å². The van der Waals surface area contributed by atoms with Crippen LogP contribution >= 0.6 is 0 Å². The Balaban J connectivity index is 1.94. The summed E-state index contributed by atoms with van der Waals surface area (Å²) in [6.07, 6.45) is 0. The average molecular weight is 299 g/mol. The van der Waals surface area contributed by atoms with Crippen LogP contribution in [0, 0.1) is 0 Å². The number of ether oxygens (including phenoxy) is 2. The highest BCUT2D eigenvalue weighted by molar-refractivity contribution is 5.91. The molecule has 0 saturated heterocycles. The molecule has 0 unspecified atom stereocenters. The van der Waals surface area contributed by atoms with E-state index in [0.717, 1.165) is 5.75 Å². The summed E-state index contributed by atoms with van der Waals surface area (Å²) in [5.74, 6) is 0.528. The van der Waals surface area contributed by atoms with Crippen molar-refractivity contribution in [2.45, 2.75) is 0 Å². The van der Waals surface area contributed by atoms with Crippen LogP contribution in [0.5, 0.6) is 11.5 Å². The maximum atomic E-state index is 11.8. The van der Waals surface area contributed by atoms with Crippen LogP contribution in [-0.4, -0.2) is 37.5 Å². The summed E-state index contributed by atoms with van der Waals surface area (Å²) in [4.78, 5) is 24.5. The number of amides is 1. The second-order valence-corrected chi connectivity index (χ2v) is 4.80. The molecule has 0 radical (unpaired) electrons. The highest BCUT2D eigenvalue weighted by Crippen LogP contribution is 2.21. The molecule has 0 aliphatic heterocycles. The van der Waals surface area contributed by atoms with Gasteiger partial charge in [0, 0.05) is 14.1 Å². The van der Waals surface area contributed by atoms with Crippen LogP contribution in [0.15, 0.2) is 54.6 Å². The van der Waals surface area contributed by atoms with E-state index in [2.05, 4.69) is 0 Å². The summed E-state index contributed by atoms with van der Waals surface area (Å²) in [5, 5.41) is 0. The van der Waals surface area contributed by atoms with Gasteiger partial charge >= 0.3 is 5.97 Å². The molecule has 0 aliphatic rings. The standard InChI is InChI=1S/C17H17NO4/c1-18(2)16(19)12-21-17(20)13-8-10-15(11-9-13)22-14-6-4-3-5-7-14/h3-11H,12H2,1-2H3. The van der Waals surface area contributed by atoms with Crippen molar-refractivity contribution < 1.29 is 19.1 Å². The topological polar surface area (TPSA) is 55.8 Å². The van der Waals surface area contributed by atoms with Crippen LogP contribution in [0.3, 0.4) is 0 Å². The summed E-state index contributed by atoms with van der Waals surface area (Å²) in [7, 11) is 3.21. The molecule has 0 N–H and O–H groups in total. The highest BCUT2D eigenvalue weighted by Gasteiger charge is 2.11. The lowest BCUT2D eigenvalue weighted by Crippen LogP contribution is -2.27. The van der Waals surface area contributed by atoms with Crippen LogP contribution in [0.1, 0.15) is 10.4 Å². The molecule has 0 heterocycles. The second kappa shape index (κ2) is 7.26. The molecule has 2 rings (SSSR count). The van der Waals surface area contributed by atoms with E-state index < -0.39 is 5.97 Å². The van der Waals surface area contributed by atoms with Crippen LogP contribution in [0.2, 0.25) is 0 Å². The minimum atomic E-state index is -0.540. The number of carbonyl (C=O) groups excluding carboxylic acids is 2. The van der Waals surface area contributed by atoms with Gasteiger partial charge in [-0.25, -0.2) is 4.79 Å². The van der Waals surface area contributed by atoms with Crippen LogP contribution in [0.25, 0.3) is 0 Å². The van der Waals surface area contributed by atoms with Crippen LogP contribution in [-0.2, 0) is 9.53 Å². The minimum absolute atomic E-state index is 0.266. The molecule has 5 nitrogen and oxygen atoms in total. The van der Waals surface area contributed by atoms with Crippen molar-refractivity contribution in [3.63, 3.8) is 0 Å². The summed E-state index contributed by atoms with van der Waals surface area (Å²) in [5.41, 5.74) is 0.368. The highest BCUT2D eigenvalue weighted by atomic mass is 16.5. The zero-order valence-electron chi connectivity index (χ0n) is 12.5. The van der Waals surface area contributed by atoms with Crippen molar-refractivity contribution in [2.75, 3.05) is 20.7 Å². The predicted octanol–water partition coefficient (Wildman–Crippen LogP) is 2.72. The van der Waals surface area contributed by atoms with E-state index in [0.29, 0.717) is 11.3 Å². The molecule has 0 bridgehead atoms. The van der Waals surface area contributed by atoms with Crippen molar-refractivity contribution in [1.29, 1.82) is 0 Å². The predicted molar refractivity (Wildman–Crippen MR) is 81.9 cm³/mol. The molecule has 0 fully saturated rings. The van der Waals surface area contributed by atoms with E-state index in [9.17, 15) is 9.59 Å². The Morgan fingerprint density at radius 2 is 1.50 bits per heavy atom. The van der Waals surface area contributed by atoms with E-state index in [1.165, 1.54) is 4.90 Å². The molecular weight excluding hydrogens is 282 g/mol. The summed E-state index contributed by atoms with van der Waals surface area (Å²) in [6.45, 7) is -0.270. The Labute approximate surface area is 129 Å². The van der Waals surface area contributed by atoms with Crippen molar-refractivity contribution >= 4 is 11.9 Å². The average Bonchev–Trinajstić information content (AvgIpc) is 2.54. The molecule has 0 saturated carbocycles. The molecule has 1 amide bonds. The lowest BCUT2D eigenvalue weighted by Gasteiger charge is -2.10. The van der Waals surface area contributed by atoms with E-state index in [4.69, 9.17) is 9.47 Å². The molecule has 2 aromatic rings. The zero-order valence-corrected chi connectivity index (χ0v) is 12.5. The molecule has 0 aliphatic carbocycles. The zero-order chi connectivity index (χ0) is 15.9. The number of carbonyl (C=O) groups is 2. The second-order valence-electron chi connectivity index (χ2n) is 4.80. The minimum Gasteiger partial charge on any atom is -0.457 e. The third kappa shape index (κ3) is 4.34. The Hall–Kier alpha value is -2.82. The number of hydrogen-bond acceptors (Lipinski definition) is 4. The molecule has 114 valence electrons. The fourth-order valence-corrected chi connectivity index (χ4v) is 1.62. The first-order valence-corrected chi connectivity index (χ1v) is 6.76. The summed E-state index contributed by atoms with van der Waals surface area (Å²) >= 11 is 0. The molecule has 0 spiro atoms. The van der Waals surface area contributed by atoms with Crippen LogP contribution in [0.4, 0.5) is 0 Å². The third-order valence-corrected chi connectivity index (χ3v) is 2.89. The third-order valence-electron chi connectivity index (χ3n) is 2.89. The summed E-state index contributed by atoms with van der Waals surface area (Å²) in [6, 6.07) is 15.9. The van der Waals surface area contributed by atoms with Gasteiger partial charge in [-0.3, -0.25) is 4.79 Å². The first-order chi connectivity index (χ1) is 10.6. The Kier molecular flexibility index (Phi) is 5.14. The van der Waals surface area contributed by atoms with E-state index >= 15 is 0 Å². The summed E-state index contributed by atoms with van der Waals surface area (Å²) < 4.78 is 10.6. The quantitative estimate of drug-likeness (QED) is 0.797. The van der Waals surface area contributed by atoms with Gasteiger partial charge in [0.2, 0.25) is 0 Å². The number of rotatable bonds is 5. The van der Waals surface area contributed by atoms with Crippen LogP contribution < -0.4 is 4.74 Å². The number of likely N-dealkylation sites (N-methyl/N-ethyl adjacent to an activating group) is 1. The Morgan fingerprint density at radius 1 is 0.909 bits per heavy atom. The van der Waals surface area contributed by atoms with Crippen molar-refractivity contribution in [3.05, 3.63) is 60.2 Å². The van der Waals surface area contributed by atoms with Gasteiger partial charge in [-0.15, -0.1) is 0 Å². The monoisotopic (exact) mass is 299 g/mol. The van der Waals surface area contributed by atoms with Gasteiger partial charge in [0.25, 0.3) is 5.91 Å². The number of benzene rings is 2. The van der Waals surface area contributed by atoms with Gasteiger partial charge < -0.3 is 14.4 Å². The largest absolute Gasteiger partial charge is 0.457 e. The molecule has 5 heteroatoms. The molecule has 22 heavy (non-hydrogen) atoms. The lowest BCUT2D eigenvalue weighted by molar-refractivity contribution is -0.131.